The van der Waals surface area contributed by atoms with E-state index < -0.39 is 0 Å². The second kappa shape index (κ2) is 6.45. The normalized spacial score (nSPS) is 10.7. The lowest BCUT2D eigenvalue weighted by atomic mass is 10.1. The van der Waals surface area contributed by atoms with Crippen LogP contribution < -0.4 is 5.32 Å². The van der Waals surface area contributed by atoms with Crippen molar-refractivity contribution in [3.63, 3.8) is 0 Å². The zero-order valence-corrected chi connectivity index (χ0v) is 12.9. The molecule has 3 rings (SSSR count). The van der Waals surface area contributed by atoms with E-state index >= 15 is 0 Å². The van der Waals surface area contributed by atoms with Gasteiger partial charge < -0.3 is 5.32 Å². The second-order valence-corrected chi connectivity index (χ2v) is 5.00. The molecular formula is C16H17N5O2. The molecule has 1 amide bonds. The third-order valence-corrected chi connectivity index (χ3v) is 3.58. The van der Waals surface area contributed by atoms with Crippen LogP contribution in [-0.2, 0) is 11.4 Å². The van der Waals surface area contributed by atoms with Gasteiger partial charge in [-0.25, -0.2) is 10.0 Å². The van der Waals surface area contributed by atoms with Gasteiger partial charge in [-0.05, 0) is 5.56 Å². The van der Waals surface area contributed by atoms with E-state index in [1.165, 1.54) is 13.3 Å². The molecular weight excluding hydrogens is 294 g/mol. The number of hydroxylamine groups is 2. The van der Waals surface area contributed by atoms with Crippen molar-refractivity contribution in [3.8, 4) is 0 Å². The number of H-pyrrole nitrogens is 1. The third kappa shape index (κ3) is 3.00. The van der Waals surface area contributed by atoms with E-state index in [2.05, 4.69) is 20.5 Å². The predicted molar refractivity (Wildman–Crippen MR) is 86.8 cm³/mol. The summed E-state index contributed by atoms with van der Waals surface area (Å²) in [5, 5.41) is 12.0. The Hall–Kier alpha value is -2.93. The molecule has 1 aromatic carbocycles. The molecule has 7 heteroatoms. The van der Waals surface area contributed by atoms with Gasteiger partial charge in [0, 0.05) is 19.8 Å². The van der Waals surface area contributed by atoms with Crippen molar-refractivity contribution in [2.24, 2.45) is 0 Å². The fourth-order valence-electron chi connectivity index (χ4n) is 2.29. The Labute approximate surface area is 133 Å². The number of anilines is 1. The molecule has 0 atom stereocenters. The summed E-state index contributed by atoms with van der Waals surface area (Å²) >= 11 is 0. The van der Waals surface area contributed by atoms with Crippen molar-refractivity contribution >= 4 is 22.6 Å². The minimum atomic E-state index is -0.279. The van der Waals surface area contributed by atoms with Crippen LogP contribution in [0.5, 0.6) is 0 Å². The molecule has 3 aromatic rings. The highest BCUT2D eigenvalue weighted by atomic mass is 16.7. The number of hydrogen-bond donors (Lipinski definition) is 2. The van der Waals surface area contributed by atoms with Gasteiger partial charge in [0.25, 0.3) is 5.91 Å². The molecule has 2 aromatic heterocycles. The fraction of sp³-hybridized carbons (Fsp3) is 0.188. The van der Waals surface area contributed by atoms with Crippen LogP contribution in [0.2, 0.25) is 0 Å². The molecule has 0 aliphatic carbocycles. The number of aromatic nitrogens is 3. The number of carbonyl (C=O) groups excluding carboxylic acids is 1. The number of amides is 1. The summed E-state index contributed by atoms with van der Waals surface area (Å²) in [6.45, 7) is 0.585. The first-order chi connectivity index (χ1) is 11.2. The van der Waals surface area contributed by atoms with Gasteiger partial charge in [0.05, 0.1) is 29.9 Å². The fourth-order valence-corrected chi connectivity index (χ4v) is 2.29. The number of nitrogens with zero attached hydrogens (tertiary/aromatic N) is 3. The molecule has 0 spiro atoms. The molecule has 0 bridgehead atoms. The van der Waals surface area contributed by atoms with Crippen molar-refractivity contribution in [1.29, 1.82) is 0 Å². The number of hydrogen-bond acceptors (Lipinski definition) is 5. The molecule has 0 aliphatic rings. The Morgan fingerprint density at radius 1 is 1.30 bits per heavy atom. The zero-order chi connectivity index (χ0) is 16.2. The minimum absolute atomic E-state index is 0.279. The van der Waals surface area contributed by atoms with Crippen LogP contribution in [0, 0.1) is 0 Å². The number of pyridine rings is 1. The van der Waals surface area contributed by atoms with Crippen molar-refractivity contribution in [3.05, 3.63) is 53.9 Å². The first-order valence-electron chi connectivity index (χ1n) is 7.12. The molecule has 0 saturated carbocycles. The second-order valence-electron chi connectivity index (χ2n) is 5.00. The van der Waals surface area contributed by atoms with Gasteiger partial charge in [-0.15, -0.1) is 0 Å². The quantitative estimate of drug-likeness (QED) is 0.706. The van der Waals surface area contributed by atoms with Crippen molar-refractivity contribution in [1.82, 2.24) is 20.2 Å². The molecule has 23 heavy (non-hydrogen) atoms. The molecule has 118 valence electrons. The predicted octanol–water partition coefficient (Wildman–Crippen LogP) is 2.20. The van der Waals surface area contributed by atoms with E-state index in [4.69, 9.17) is 4.84 Å². The lowest BCUT2D eigenvalue weighted by Crippen LogP contribution is -2.26. The average Bonchev–Trinajstić information content (AvgIpc) is 3.08. The van der Waals surface area contributed by atoms with E-state index in [1.54, 1.807) is 13.2 Å². The zero-order valence-electron chi connectivity index (χ0n) is 12.9. The van der Waals surface area contributed by atoms with Crippen molar-refractivity contribution < 1.29 is 9.63 Å². The Balaban J connectivity index is 1.98. The summed E-state index contributed by atoms with van der Waals surface area (Å²) in [5.74, 6) is -0.279. The van der Waals surface area contributed by atoms with E-state index in [0.29, 0.717) is 23.4 Å². The largest absolute Gasteiger partial charge is 0.380 e. The van der Waals surface area contributed by atoms with E-state index in [1.807, 2.05) is 30.3 Å². The van der Waals surface area contributed by atoms with Crippen LogP contribution in [0.15, 0.2) is 42.7 Å². The Morgan fingerprint density at radius 3 is 2.83 bits per heavy atom. The summed E-state index contributed by atoms with van der Waals surface area (Å²) in [6, 6.07) is 9.95. The maximum Gasteiger partial charge on any atom is 0.280 e. The van der Waals surface area contributed by atoms with Crippen molar-refractivity contribution in [2.75, 3.05) is 19.5 Å². The smallest absolute Gasteiger partial charge is 0.280 e. The van der Waals surface area contributed by atoms with Crippen LogP contribution in [0.3, 0.4) is 0 Å². The minimum Gasteiger partial charge on any atom is -0.380 e. The van der Waals surface area contributed by atoms with Crippen LogP contribution in [-0.4, -0.2) is 40.3 Å². The van der Waals surface area contributed by atoms with E-state index in [0.717, 1.165) is 16.0 Å². The maximum atomic E-state index is 12.5. The first-order valence-corrected chi connectivity index (χ1v) is 7.12. The Kier molecular flexibility index (Phi) is 4.20. The van der Waals surface area contributed by atoms with Crippen LogP contribution >= 0.6 is 0 Å². The Morgan fingerprint density at radius 2 is 2.09 bits per heavy atom. The standard InChI is InChI=1S/C16H17N5O2/c1-21(23-2)16(22)13-9-18-15-12(10-19-20-15)14(13)17-8-11-6-4-3-5-7-11/h3-7,9-10H,8H2,1-2H3,(H2,17,18,19,20). The Bertz CT molecular complexity index is 816. The monoisotopic (exact) mass is 311 g/mol. The van der Waals surface area contributed by atoms with Crippen LogP contribution in [0.4, 0.5) is 5.69 Å². The summed E-state index contributed by atoms with van der Waals surface area (Å²) in [4.78, 5) is 21.7. The third-order valence-electron chi connectivity index (χ3n) is 3.58. The lowest BCUT2D eigenvalue weighted by Gasteiger charge is -2.17. The number of carbonyl (C=O) groups is 1. The van der Waals surface area contributed by atoms with Crippen LogP contribution in [0.1, 0.15) is 15.9 Å². The molecule has 0 saturated heterocycles. The van der Waals surface area contributed by atoms with Crippen LogP contribution in [0.25, 0.3) is 11.0 Å². The lowest BCUT2D eigenvalue weighted by molar-refractivity contribution is -0.0756. The SMILES string of the molecule is CON(C)C(=O)c1cnc2[nH]ncc2c1NCc1ccccc1. The first kappa shape index (κ1) is 15.0. The van der Waals surface area contributed by atoms with Gasteiger partial charge in [-0.1, -0.05) is 30.3 Å². The highest BCUT2D eigenvalue weighted by Crippen LogP contribution is 2.26. The summed E-state index contributed by atoms with van der Waals surface area (Å²) in [7, 11) is 3.00. The topological polar surface area (TPSA) is 83.1 Å². The number of fused-ring (bicyclic) bond motifs is 1. The van der Waals surface area contributed by atoms with Crippen molar-refractivity contribution in [2.45, 2.75) is 6.54 Å². The van der Waals surface area contributed by atoms with Gasteiger partial charge in [0.1, 0.15) is 0 Å². The van der Waals surface area contributed by atoms with Gasteiger partial charge in [0.2, 0.25) is 0 Å². The van der Waals surface area contributed by atoms with Gasteiger partial charge in [-0.2, -0.15) is 5.10 Å². The molecule has 0 aliphatic heterocycles. The molecule has 0 fully saturated rings. The number of rotatable bonds is 5. The van der Waals surface area contributed by atoms with Gasteiger partial charge >= 0.3 is 0 Å². The number of nitrogens with one attached hydrogen (secondary N) is 2. The number of benzene rings is 1. The maximum absolute atomic E-state index is 12.5. The molecule has 2 heterocycles. The molecule has 0 radical (unpaired) electrons. The highest BCUT2D eigenvalue weighted by Gasteiger charge is 2.19. The highest BCUT2D eigenvalue weighted by molar-refractivity contribution is 6.05. The van der Waals surface area contributed by atoms with Gasteiger partial charge in [0.15, 0.2) is 5.65 Å². The van der Waals surface area contributed by atoms with E-state index in [-0.39, 0.29) is 5.91 Å². The molecule has 7 nitrogen and oxygen atoms in total. The molecule has 2 N–H and O–H groups in total. The number of aromatic amines is 1. The molecule has 0 unspecified atom stereocenters. The summed E-state index contributed by atoms with van der Waals surface area (Å²) < 4.78 is 0. The average molecular weight is 311 g/mol. The van der Waals surface area contributed by atoms with Gasteiger partial charge in [-0.3, -0.25) is 14.7 Å². The van der Waals surface area contributed by atoms with E-state index in [9.17, 15) is 4.79 Å². The summed E-state index contributed by atoms with van der Waals surface area (Å²) in [5.41, 5.74) is 2.84. The summed E-state index contributed by atoms with van der Waals surface area (Å²) in [6.07, 6.45) is 3.17.